The second-order valence-corrected chi connectivity index (χ2v) is 12.7. The summed E-state index contributed by atoms with van der Waals surface area (Å²) in [7, 11) is 0. The lowest BCUT2D eigenvalue weighted by Crippen LogP contribution is -2.10. The van der Waals surface area contributed by atoms with Crippen LogP contribution in [-0.4, -0.2) is 4.57 Å². The summed E-state index contributed by atoms with van der Waals surface area (Å²) in [5, 5.41) is 4.95. The van der Waals surface area contributed by atoms with Crippen molar-refractivity contribution in [3.63, 3.8) is 0 Å². The van der Waals surface area contributed by atoms with Gasteiger partial charge >= 0.3 is 0 Å². The number of nitrogens with zero attached hydrogens (tertiary/aromatic N) is 2. The Morgan fingerprint density at radius 1 is 0.388 bits per heavy atom. The highest BCUT2D eigenvalue weighted by Gasteiger charge is 2.19. The number of hydrogen-bond acceptors (Lipinski definition) is 1. The molecule has 8 aromatic carbocycles. The molecule has 1 heterocycles. The molecule has 0 amide bonds. The molecule has 0 fully saturated rings. The molecule has 2 nitrogen and oxygen atoms in total. The zero-order valence-corrected chi connectivity index (χ0v) is 27.3. The van der Waals surface area contributed by atoms with Crippen molar-refractivity contribution >= 4 is 49.6 Å². The van der Waals surface area contributed by atoms with Crippen LogP contribution in [0.3, 0.4) is 0 Å². The van der Waals surface area contributed by atoms with Crippen molar-refractivity contribution in [1.82, 2.24) is 4.57 Å². The zero-order chi connectivity index (χ0) is 32.7. The normalized spacial score (nSPS) is 11.4. The third-order valence-electron chi connectivity index (χ3n) is 9.63. The molecule has 9 aromatic rings. The van der Waals surface area contributed by atoms with Crippen LogP contribution in [0, 0.1) is 6.92 Å². The topological polar surface area (TPSA) is 8.17 Å². The fourth-order valence-electron chi connectivity index (χ4n) is 7.35. The Balaban J connectivity index is 1.21. The maximum atomic E-state index is 2.39. The average Bonchev–Trinajstić information content (AvgIpc) is 3.50. The Bertz CT molecular complexity index is 2600. The largest absolute Gasteiger partial charge is 0.310 e. The highest BCUT2D eigenvalue weighted by molar-refractivity contribution is 6.12. The van der Waals surface area contributed by atoms with Crippen LogP contribution >= 0.6 is 0 Å². The van der Waals surface area contributed by atoms with Crippen molar-refractivity contribution < 1.29 is 0 Å². The monoisotopic (exact) mass is 626 g/mol. The third kappa shape index (κ3) is 5.06. The third-order valence-corrected chi connectivity index (χ3v) is 9.63. The van der Waals surface area contributed by atoms with Gasteiger partial charge in [0.25, 0.3) is 0 Å². The Morgan fingerprint density at radius 2 is 1.02 bits per heavy atom. The second kappa shape index (κ2) is 12.0. The van der Waals surface area contributed by atoms with E-state index in [1.807, 2.05) is 0 Å². The summed E-state index contributed by atoms with van der Waals surface area (Å²) in [6.07, 6.45) is 0. The van der Waals surface area contributed by atoms with Crippen molar-refractivity contribution in [2.24, 2.45) is 0 Å². The lowest BCUT2D eigenvalue weighted by Gasteiger charge is -2.28. The van der Waals surface area contributed by atoms with Gasteiger partial charge in [-0.2, -0.15) is 0 Å². The highest BCUT2D eigenvalue weighted by atomic mass is 15.1. The molecule has 2 heteroatoms. The van der Waals surface area contributed by atoms with E-state index in [0.29, 0.717) is 0 Å². The van der Waals surface area contributed by atoms with Gasteiger partial charge in [-0.05, 0) is 101 Å². The number of anilines is 3. The van der Waals surface area contributed by atoms with Crippen molar-refractivity contribution in [1.29, 1.82) is 0 Å². The van der Waals surface area contributed by atoms with Gasteiger partial charge in [0.15, 0.2) is 0 Å². The first kappa shape index (κ1) is 28.8. The molecule has 0 bridgehead atoms. The van der Waals surface area contributed by atoms with Gasteiger partial charge in [-0.25, -0.2) is 0 Å². The van der Waals surface area contributed by atoms with Crippen molar-refractivity contribution in [3.05, 3.63) is 194 Å². The number of rotatable bonds is 6. The van der Waals surface area contributed by atoms with E-state index in [4.69, 9.17) is 0 Å². The molecule has 0 saturated heterocycles. The van der Waals surface area contributed by atoms with E-state index < -0.39 is 0 Å². The number of fused-ring (bicyclic) bond motifs is 4. The summed E-state index contributed by atoms with van der Waals surface area (Å²) in [5.41, 5.74) is 13.1. The molecule has 0 atom stereocenters. The molecule has 1 aromatic heterocycles. The average molecular weight is 627 g/mol. The number of aryl methyl sites for hydroxylation is 1. The molecule has 0 N–H and O–H groups in total. The van der Waals surface area contributed by atoms with E-state index in [0.717, 1.165) is 17.1 Å². The van der Waals surface area contributed by atoms with Gasteiger partial charge < -0.3 is 9.47 Å². The van der Waals surface area contributed by atoms with Crippen LogP contribution in [-0.2, 0) is 0 Å². The van der Waals surface area contributed by atoms with Crippen LogP contribution in [0.4, 0.5) is 17.1 Å². The maximum Gasteiger partial charge on any atom is 0.0541 e. The fraction of sp³-hybridized carbons (Fsp3) is 0.0213. The molecule has 0 radical (unpaired) electrons. The predicted molar refractivity (Wildman–Crippen MR) is 209 cm³/mol. The van der Waals surface area contributed by atoms with Gasteiger partial charge in [0.1, 0.15) is 0 Å². The molecule has 9 rings (SSSR count). The van der Waals surface area contributed by atoms with E-state index in [2.05, 4.69) is 204 Å². The van der Waals surface area contributed by atoms with Crippen LogP contribution in [0.5, 0.6) is 0 Å². The van der Waals surface area contributed by atoms with Crippen molar-refractivity contribution in [2.75, 3.05) is 4.90 Å². The SMILES string of the molecule is Cc1cccc(N(c2ccc(-c3ccccc3)cc2)c2ccc(-c3ccc4c(c3)c3ccccc3n4-c3ccccc3)c3ccccc23)c1. The van der Waals surface area contributed by atoms with Crippen LogP contribution < -0.4 is 4.90 Å². The Morgan fingerprint density at radius 3 is 1.80 bits per heavy atom. The molecular weight excluding hydrogens is 593 g/mol. The quantitative estimate of drug-likeness (QED) is 0.178. The first-order chi connectivity index (χ1) is 24.2. The summed E-state index contributed by atoms with van der Waals surface area (Å²) in [6.45, 7) is 2.16. The predicted octanol–water partition coefficient (Wildman–Crippen LogP) is 13.0. The van der Waals surface area contributed by atoms with Crippen molar-refractivity contribution in [2.45, 2.75) is 6.92 Å². The molecule has 0 spiro atoms. The van der Waals surface area contributed by atoms with E-state index in [1.165, 1.54) is 66.1 Å². The lowest BCUT2D eigenvalue weighted by atomic mass is 9.95. The fourth-order valence-corrected chi connectivity index (χ4v) is 7.35. The van der Waals surface area contributed by atoms with E-state index in [1.54, 1.807) is 0 Å². The summed E-state index contributed by atoms with van der Waals surface area (Å²) in [4.78, 5) is 2.39. The number of aromatic nitrogens is 1. The van der Waals surface area contributed by atoms with Gasteiger partial charge in [-0.15, -0.1) is 0 Å². The smallest absolute Gasteiger partial charge is 0.0541 e. The standard InChI is InChI=1S/C47H34N2/c1-33-13-12-18-39(31-33)48(38-26-23-35(24-27-38)34-14-4-2-5-15-34)46-30-28-40(41-19-8-9-20-42(41)46)36-25-29-47-44(32-36)43-21-10-11-22-45(43)49(47)37-16-6-3-7-17-37/h2-32H,1H3. The molecule has 0 aliphatic carbocycles. The van der Waals surface area contributed by atoms with Gasteiger partial charge in [0.2, 0.25) is 0 Å². The van der Waals surface area contributed by atoms with E-state index in [-0.39, 0.29) is 0 Å². The summed E-state index contributed by atoms with van der Waals surface area (Å²) < 4.78 is 2.37. The Kier molecular flexibility index (Phi) is 7.06. The zero-order valence-electron chi connectivity index (χ0n) is 27.3. The molecule has 0 unspecified atom stereocenters. The second-order valence-electron chi connectivity index (χ2n) is 12.7. The van der Waals surface area contributed by atoms with Gasteiger partial charge in [0.05, 0.1) is 16.7 Å². The van der Waals surface area contributed by atoms with Gasteiger partial charge in [-0.3, -0.25) is 0 Å². The van der Waals surface area contributed by atoms with E-state index >= 15 is 0 Å². The van der Waals surface area contributed by atoms with Crippen LogP contribution in [0.25, 0.3) is 60.5 Å². The van der Waals surface area contributed by atoms with Gasteiger partial charge in [0, 0.05) is 33.2 Å². The highest BCUT2D eigenvalue weighted by Crippen LogP contribution is 2.43. The van der Waals surface area contributed by atoms with Crippen LogP contribution in [0.2, 0.25) is 0 Å². The summed E-state index contributed by atoms with van der Waals surface area (Å²) in [5.74, 6) is 0. The Hall–Kier alpha value is -6.38. The maximum absolute atomic E-state index is 2.39. The first-order valence-corrected chi connectivity index (χ1v) is 16.9. The van der Waals surface area contributed by atoms with Crippen LogP contribution in [0.15, 0.2) is 188 Å². The Labute approximate surface area is 286 Å². The first-order valence-electron chi connectivity index (χ1n) is 16.9. The molecule has 49 heavy (non-hydrogen) atoms. The molecule has 232 valence electrons. The van der Waals surface area contributed by atoms with Gasteiger partial charge in [-0.1, -0.05) is 127 Å². The van der Waals surface area contributed by atoms with Crippen molar-refractivity contribution in [3.8, 4) is 27.9 Å². The summed E-state index contributed by atoms with van der Waals surface area (Å²) in [6, 6.07) is 68.0. The number of para-hydroxylation sites is 2. The lowest BCUT2D eigenvalue weighted by molar-refractivity contribution is 1.18. The molecule has 0 aliphatic heterocycles. The summed E-state index contributed by atoms with van der Waals surface area (Å²) >= 11 is 0. The van der Waals surface area contributed by atoms with E-state index in [9.17, 15) is 0 Å². The molecule has 0 saturated carbocycles. The molecular formula is C47H34N2. The number of hydrogen-bond donors (Lipinski definition) is 0. The van der Waals surface area contributed by atoms with Crippen LogP contribution in [0.1, 0.15) is 5.56 Å². The minimum absolute atomic E-state index is 1.12. The minimum Gasteiger partial charge on any atom is -0.310 e. The number of benzene rings is 8. The molecule has 0 aliphatic rings. The minimum atomic E-state index is 1.12.